The molecule has 2 aromatic heterocycles. The molecule has 1 aromatic carbocycles. The van der Waals surface area contributed by atoms with Gasteiger partial charge < -0.3 is 4.57 Å². The number of benzene rings is 1. The topological polar surface area (TPSA) is 76.9 Å². The van der Waals surface area contributed by atoms with Crippen LogP contribution >= 0.6 is 0 Å². The third-order valence-corrected chi connectivity index (χ3v) is 4.95. The first kappa shape index (κ1) is 17.2. The summed E-state index contributed by atoms with van der Waals surface area (Å²) < 4.78 is 55.5. The first-order chi connectivity index (χ1) is 12.0. The van der Waals surface area contributed by atoms with Crippen molar-refractivity contribution in [1.29, 1.82) is 0 Å². The summed E-state index contributed by atoms with van der Waals surface area (Å²) in [6.07, 6.45) is 4.86. The monoisotopic (exact) mass is 364 g/mol. The third kappa shape index (κ3) is 3.72. The minimum Gasteiger partial charge on any atom is -0.328 e. The van der Waals surface area contributed by atoms with Crippen LogP contribution in [0.3, 0.4) is 0 Å². The Morgan fingerprint density at radius 2 is 1.76 bits per heavy atom. The van der Waals surface area contributed by atoms with Crippen LogP contribution < -0.4 is 4.72 Å². The summed E-state index contributed by atoms with van der Waals surface area (Å²) in [6, 6.07) is 8.25. The zero-order valence-electron chi connectivity index (χ0n) is 12.9. The largest absolute Gasteiger partial charge is 0.328 e. The quantitative estimate of drug-likeness (QED) is 0.727. The van der Waals surface area contributed by atoms with Crippen LogP contribution in [0.15, 0.2) is 59.9 Å². The molecule has 0 spiro atoms. The van der Waals surface area contributed by atoms with Crippen LogP contribution in [0.4, 0.5) is 8.78 Å². The molecule has 3 rings (SSSR count). The number of aromatic nitrogens is 3. The molecule has 25 heavy (non-hydrogen) atoms. The molecule has 9 heteroatoms. The molecule has 0 saturated heterocycles. The molecule has 0 amide bonds. The van der Waals surface area contributed by atoms with Gasteiger partial charge in [0, 0.05) is 31.7 Å². The molecule has 0 aliphatic carbocycles. The average Bonchev–Trinajstić information content (AvgIpc) is 3.03. The third-order valence-electron chi connectivity index (χ3n) is 3.44. The minimum atomic E-state index is -4.30. The molecule has 2 heterocycles. The summed E-state index contributed by atoms with van der Waals surface area (Å²) in [7, 11) is -4.30. The fraction of sp³-hybridized carbons (Fsp3) is 0.125. The van der Waals surface area contributed by atoms with E-state index in [1.54, 1.807) is 35.3 Å². The maximum absolute atomic E-state index is 13.6. The first-order valence-electron chi connectivity index (χ1n) is 7.35. The molecule has 0 unspecified atom stereocenters. The van der Waals surface area contributed by atoms with Gasteiger partial charge in [0.25, 0.3) is 0 Å². The van der Waals surface area contributed by atoms with Crippen LogP contribution in [-0.4, -0.2) is 29.5 Å². The van der Waals surface area contributed by atoms with Gasteiger partial charge in [-0.15, -0.1) is 0 Å². The number of nitrogens with zero attached hydrogens (tertiary/aromatic N) is 3. The van der Waals surface area contributed by atoms with E-state index in [0.717, 1.165) is 18.2 Å². The van der Waals surface area contributed by atoms with Crippen LogP contribution in [0.25, 0.3) is 11.5 Å². The smallest absolute Gasteiger partial charge is 0.246 e. The van der Waals surface area contributed by atoms with E-state index in [-0.39, 0.29) is 13.1 Å². The molecule has 0 saturated carbocycles. The lowest BCUT2D eigenvalue weighted by Gasteiger charge is -2.10. The molecule has 6 nitrogen and oxygen atoms in total. The van der Waals surface area contributed by atoms with Gasteiger partial charge >= 0.3 is 0 Å². The van der Waals surface area contributed by atoms with Gasteiger partial charge in [-0.1, -0.05) is 12.1 Å². The lowest BCUT2D eigenvalue weighted by atomic mass is 10.3. The number of halogens is 2. The van der Waals surface area contributed by atoms with Gasteiger partial charge in [-0.05, 0) is 24.3 Å². The van der Waals surface area contributed by atoms with Crippen LogP contribution in [-0.2, 0) is 16.6 Å². The summed E-state index contributed by atoms with van der Waals surface area (Å²) in [5, 5.41) is 0. The molecule has 3 aromatic rings. The number of rotatable bonds is 6. The van der Waals surface area contributed by atoms with Crippen molar-refractivity contribution < 1.29 is 17.2 Å². The van der Waals surface area contributed by atoms with Crippen molar-refractivity contribution in [2.45, 2.75) is 11.4 Å². The summed E-state index contributed by atoms with van der Waals surface area (Å²) in [5.41, 5.74) is 0.635. The van der Waals surface area contributed by atoms with E-state index in [4.69, 9.17) is 0 Å². The summed E-state index contributed by atoms with van der Waals surface area (Å²) in [6.45, 7) is 0.160. The van der Waals surface area contributed by atoms with E-state index in [9.17, 15) is 17.2 Å². The number of sulfonamides is 1. The second-order valence-corrected chi connectivity index (χ2v) is 6.81. The minimum absolute atomic E-state index is 0.0632. The van der Waals surface area contributed by atoms with Gasteiger partial charge in [0.1, 0.15) is 17.3 Å². The molecule has 0 bridgehead atoms. The highest BCUT2D eigenvalue weighted by Gasteiger charge is 2.23. The standard InChI is InChI=1S/C16H14F2N4O2S/c17-12-4-3-5-13(18)15(12)25(23,24)21-9-11-22-10-8-20-16(22)14-6-1-2-7-19-14/h1-8,10,21H,9,11H2. The molecular formula is C16H14F2N4O2S. The Labute approximate surface area is 143 Å². The Balaban J connectivity index is 1.73. The Bertz CT molecular complexity index is 955. The predicted octanol–water partition coefficient (Wildman–Crippen LogP) is 2.20. The van der Waals surface area contributed by atoms with Crippen molar-refractivity contribution >= 4 is 10.0 Å². The lowest BCUT2D eigenvalue weighted by Crippen LogP contribution is -2.29. The van der Waals surface area contributed by atoms with E-state index >= 15 is 0 Å². The fourth-order valence-corrected chi connectivity index (χ4v) is 3.48. The van der Waals surface area contributed by atoms with Crippen molar-refractivity contribution in [3.8, 4) is 11.5 Å². The van der Waals surface area contributed by atoms with Crippen molar-refractivity contribution in [2.24, 2.45) is 0 Å². The van der Waals surface area contributed by atoms with Gasteiger partial charge in [-0.2, -0.15) is 0 Å². The maximum atomic E-state index is 13.6. The van der Waals surface area contributed by atoms with E-state index in [0.29, 0.717) is 11.5 Å². The highest BCUT2D eigenvalue weighted by Crippen LogP contribution is 2.18. The van der Waals surface area contributed by atoms with Gasteiger partial charge in [-0.3, -0.25) is 4.98 Å². The number of pyridine rings is 1. The zero-order valence-corrected chi connectivity index (χ0v) is 13.7. The molecule has 0 radical (unpaired) electrons. The fourth-order valence-electron chi connectivity index (χ4n) is 2.33. The van der Waals surface area contributed by atoms with Crippen molar-refractivity contribution in [3.63, 3.8) is 0 Å². The Kier molecular flexibility index (Phi) is 4.86. The summed E-state index contributed by atoms with van der Waals surface area (Å²) >= 11 is 0. The van der Waals surface area contributed by atoms with Crippen molar-refractivity contribution in [1.82, 2.24) is 19.3 Å². The predicted molar refractivity (Wildman–Crippen MR) is 87.0 cm³/mol. The van der Waals surface area contributed by atoms with Gasteiger partial charge in [-0.25, -0.2) is 26.9 Å². The highest BCUT2D eigenvalue weighted by molar-refractivity contribution is 7.89. The molecule has 1 N–H and O–H groups in total. The van der Waals surface area contributed by atoms with E-state index < -0.39 is 26.6 Å². The van der Waals surface area contributed by atoms with E-state index in [1.165, 1.54) is 0 Å². The number of imidazole rings is 1. The van der Waals surface area contributed by atoms with Crippen LogP contribution in [0.1, 0.15) is 0 Å². The van der Waals surface area contributed by atoms with Gasteiger partial charge in [0.15, 0.2) is 10.7 Å². The Morgan fingerprint density at radius 1 is 1.00 bits per heavy atom. The molecule has 0 fully saturated rings. The van der Waals surface area contributed by atoms with Crippen molar-refractivity contribution in [3.05, 3.63) is 66.6 Å². The second kappa shape index (κ2) is 7.08. The van der Waals surface area contributed by atoms with Gasteiger partial charge in [0.05, 0.1) is 0 Å². The molecule has 0 aliphatic rings. The number of nitrogens with one attached hydrogen (secondary N) is 1. The van der Waals surface area contributed by atoms with E-state index in [1.807, 2.05) is 6.07 Å². The van der Waals surface area contributed by atoms with Crippen LogP contribution in [0.5, 0.6) is 0 Å². The molecule has 0 atom stereocenters. The molecular weight excluding hydrogens is 350 g/mol. The highest BCUT2D eigenvalue weighted by atomic mass is 32.2. The number of hydrogen-bond acceptors (Lipinski definition) is 4. The molecule has 0 aliphatic heterocycles. The Hall–Kier alpha value is -2.65. The zero-order chi connectivity index (χ0) is 17.9. The van der Waals surface area contributed by atoms with E-state index in [2.05, 4.69) is 14.7 Å². The Morgan fingerprint density at radius 3 is 2.44 bits per heavy atom. The lowest BCUT2D eigenvalue weighted by molar-refractivity contribution is 0.512. The average molecular weight is 364 g/mol. The second-order valence-electron chi connectivity index (χ2n) is 5.11. The summed E-state index contributed by atoms with van der Waals surface area (Å²) in [5.74, 6) is -1.70. The summed E-state index contributed by atoms with van der Waals surface area (Å²) in [4.78, 5) is 7.40. The SMILES string of the molecule is O=S(=O)(NCCn1ccnc1-c1ccccn1)c1c(F)cccc1F. The van der Waals surface area contributed by atoms with Crippen LogP contribution in [0.2, 0.25) is 0 Å². The maximum Gasteiger partial charge on any atom is 0.246 e. The normalized spacial score (nSPS) is 11.6. The van der Waals surface area contributed by atoms with Crippen LogP contribution in [0, 0.1) is 11.6 Å². The van der Waals surface area contributed by atoms with Crippen molar-refractivity contribution in [2.75, 3.05) is 6.54 Å². The molecule has 130 valence electrons. The first-order valence-corrected chi connectivity index (χ1v) is 8.83. The van der Waals surface area contributed by atoms with Gasteiger partial charge in [0.2, 0.25) is 10.0 Å². The number of hydrogen-bond donors (Lipinski definition) is 1.